The summed E-state index contributed by atoms with van der Waals surface area (Å²) in [6.45, 7) is 6.54. The largest absolute Gasteiger partial charge is 0.507 e. The highest BCUT2D eigenvalue weighted by molar-refractivity contribution is 6.31. The van der Waals surface area contributed by atoms with Crippen LogP contribution in [-0.4, -0.2) is 5.11 Å². The summed E-state index contributed by atoms with van der Waals surface area (Å²) in [5.41, 5.74) is 4.94. The molecule has 0 aliphatic rings. The fourth-order valence-electron chi connectivity index (χ4n) is 3.16. The second kappa shape index (κ2) is 7.96. The lowest BCUT2D eigenvalue weighted by Gasteiger charge is -2.23. The van der Waals surface area contributed by atoms with Crippen LogP contribution in [0.5, 0.6) is 5.75 Å². The van der Waals surface area contributed by atoms with Crippen molar-refractivity contribution in [1.29, 1.82) is 0 Å². The van der Waals surface area contributed by atoms with Crippen molar-refractivity contribution in [3.8, 4) is 5.75 Å². The third-order valence-corrected chi connectivity index (χ3v) is 5.55. The standard InChI is InChI=1S/C24H24Cl2O/c1-24(2,3)20-14-18(12-16-8-4-6-10-21(16)25)23(27)19(15-20)13-17-9-5-7-11-22(17)26/h4-11,14-15,27H,12-13H2,1-3H3. The quantitative estimate of drug-likeness (QED) is 0.493. The summed E-state index contributed by atoms with van der Waals surface area (Å²) >= 11 is 12.7. The van der Waals surface area contributed by atoms with E-state index in [0.29, 0.717) is 28.6 Å². The average Bonchev–Trinajstić information content (AvgIpc) is 2.61. The number of benzene rings is 3. The minimum Gasteiger partial charge on any atom is -0.507 e. The molecule has 0 atom stereocenters. The minimum atomic E-state index is -0.0296. The van der Waals surface area contributed by atoms with Gasteiger partial charge in [0.05, 0.1) is 0 Å². The molecule has 0 bridgehead atoms. The minimum absolute atomic E-state index is 0.0296. The Labute approximate surface area is 171 Å². The van der Waals surface area contributed by atoms with Gasteiger partial charge in [0.1, 0.15) is 5.75 Å². The van der Waals surface area contributed by atoms with Gasteiger partial charge in [0.15, 0.2) is 0 Å². The molecule has 140 valence electrons. The number of hydrogen-bond acceptors (Lipinski definition) is 1. The summed E-state index contributed by atoms with van der Waals surface area (Å²) in [4.78, 5) is 0. The first kappa shape index (κ1) is 19.8. The molecule has 0 unspecified atom stereocenters. The predicted octanol–water partition coefficient (Wildman–Crippen LogP) is 7.18. The third-order valence-electron chi connectivity index (χ3n) is 4.81. The number of phenolic OH excluding ortho intramolecular Hbond substituents is 1. The highest BCUT2D eigenvalue weighted by Crippen LogP contribution is 2.35. The SMILES string of the molecule is CC(C)(C)c1cc(Cc2ccccc2Cl)c(O)c(Cc2ccccc2Cl)c1. The van der Waals surface area contributed by atoms with Crippen molar-refractivity contribution >= 4 is 23.2 Å². The van der Waals surface area contributed by atoms with Crippen molar-refractivity contribution in [3.05, 3.63) is 98.5 Å². The molecule has 27 heavy (non-hydrogen) atoms. The lowest BCUT2D eigenvalue weighted by molar-refractivity contribution is 0.462. The van der Waals surface area contributed by atoms with Gasteiger partial charge in [0.25, 0.3) is 0 Å². The molecule has 0 fully saturated rings. The summed E-state index contributed by atoms with van der Waals surface area (Å²) in [5, 5.41) is 12.4. The molecule has 0 radical (unpaired) electrons. The van der Waals surface area contributed by atoms with Crippen LogP contribution < -0.4 is 0 Å². The molecule has 0 saturated carbocycles. The molecule has 0 amide bonds. The molecule has 3 aromatic carbocycles. The maximum absolute atomic E-state index is 11.0. The predicted molar refractivity (Wildman–Crippen MR) is 115 cm³/mol. The van der Waals surface area contributed by atoms with Crippen LogP contribution >= 0.6 is 23.2 Å². The molecule has 3 heteroatoms. The Hall–Kier alpha value is -1.96. The van der Waals surface area contributed by atoms with E-state index in [4.69, 9.17) is 23.2 Å². The van der Waals surface area contributed by atoms with Gasteiger partial charge in [-0.2, -0.15) is 0 Å². The second-order valence-electron chi connectivity index (χ2n) is 7.93. The number of aromatic hydroxyl groups is 1. The lowest BCUT2D eigenvalue weighted by Crippen LogP contribution is -2.13. The first-order valence-corrected chi connectivity index (χ1v) is 9.83. The van der Waals surface area contributed by atoms with Gasteiger partial charge in [0, 0.05) is 22.9 Å². The second-order valence-corrected chi connectivity index (χ2v) is 8.74. The summed E-state index contributed by atoms with van der Waals surface area (Å²) in [7, 11) is 0. The first-order valence-electron chi connectivity index (χ1n) is 9.08. The van der Waals surface area contributed by atoms with E-state index in [0.717, 1.165) is 22.3 Å². The maximum Gasteiger partial charge on any atom is 0.122 e. The van der Waals surface area contributed by atoms with Crippen molar-refractivity contribution in [1.82, 2.24) is 0 Å². The van der Waals surface area contributed by atoms with E-state index in [9.17, 15) is 5.11 Å². The lowest BCUT2D eigenvalue weighted by atomic mass is 9.83. The van der Waals surface area contributed by atoms with E-state index in [-0.39, 0.29) is 5.41 Å². The van der Waals surface area contributed by atoms with Crippen molar-refractivity contribution < 1.29 is 5.11 Å². The van der Waals surface area contributed by atoms with Crippen molar-refractivity contribution in [3.63, 3.8) is 0 Å². The zero-order valence-corrected chi connectivity index (χ0v) is 17.4. The molecule has 0 saturated heterocycles. The Balaban J connectivity index is 2.07. The Kier molecular flexibility index (Phi) is 5.83. The monoisotopic (exact) mass is 398 g/mol. The summed E-state index contributed by atoms with van der Waals surface area (Å²) in [5.74, 6) is 0.322. The van der Waals surface area contributed by atoms with Gasteiger partial charge >= 0.3 is 0 Å². The summed E-state index contributed by atoms with van der Waals surface area (Å²) in [6, 6.07) is 19.7. The molecular weight excluding hydrogens is 375 g/mol. The zero-order valence-electron chi connectivity index (χ0n) is 15.9. The van der Waals surface area contributed by atoms with E-state index < -0.39 is 0 Å². The molecule has 0 aliphatic heterocycles. The Morgan fingerprint density at radius 3 is 1.48 bits per heavy atom. The molecule has 3 rings (SSSR count). The highest BCUT2D eigenvalue weighted by atomic mass is 35.5. The van der Waals surface area contributed by atoms with Crippen molar-refractivity contribution in [2.24, 2.45) is 0 Å². The molecule has 3 aromatic rings. The molecule has 0 aromatic heterocycles. The molecule has 1 nitrogen and oxygen atoms in total. The first-order chi connectivity index (χ1) is 12.8. The van der Waals surface area contributed by atoms with Crippen LogP contribution in [0, 0.1) is 0 Å². The Bertz CT molecular complexity index is 886. The molecule has 0 aliphatic carbocycles. The normalized spacial score (nSPS) is 11.6. The number of rotatable bonds is 4. The summed E-state index contributed by atoms with van der Waals surface area (Å²) in [6.07, 6.45) is 1.18. The average molecular weight is 399 g/mol. The van der Waals surface area contributed by atoms with Gasteiger partial charge in [-0.25, -0.2) is 0 Å². The van der Waals surface area contributed by atoms with Crippen molar-refractivity contribution in [2.45, 2.75) is 39.0 Å². The summed E-state index contributed by atoms with van der Waals surface area (Å²) < 4.78 is 0. The van der Waals surface area contributed by atoms with Crippen LogP contribution in [0.4, 0.5) is 0 Å². The van der Waals surface area contributed by atoms with Crippen LogP contribution in [0.25, 0.3) is 0 Å². The van der Waals surface area contributed by atoms with Gasteiger partial charge in [-0.15, -0.1) is 0 Å². The van der Waals surface area contributed by atoms with Gasteiger partial charge < -0.3 is 5.11 Å². The fourth-order valence-corrected chi connectivity index (χ4v) is 3.56. The van der Waals surface area contributed by atoms with Crippen LogP contribution in [-0.2, 0) is 18.3 Å². The molecule has 0 spiro atoms. The van der Waals surface area contributed by atoms with Crippen LogP contribution in [0.1, 0.15) is 48.6 Å². The number of hydrogen-bond donors (Lipinski definition) is 1. The Morgan fingerprint density at radius 1 is 0.704 bits per heavy atom. The van der Waals surface area contributed by atoms with Crippen LogP contribution in [0.2, 0.25) is 10.0 Å². The topological polar surface area (TPSA) is 20.2 Å². The van der Waals surface area contributed by atoms with E-state index in [1.165, 1.54) is 5.56 Å². The van der Waals surface area contributed by atoms with Gasteiger partial charge in [-0.3, -0.25) is 0 Å². The van der Waals surface area contributed by atoms with Crippen LogP contribution in [0.3, 0.4) is 0 Å². The smallest absolute Gasteiger partial charge is 0.122 e. The van der Waals surface area contributed by atoms with Gasteiger partial charge in [-0.05, 0) is 45.4 Å². The van der Waals surface area contributed by atoms with E-state index in [1.54, 1.807) is 0 Å². The van der Waals surface area contributed by atoms with Gasteiger partial charge in [0.2, 0.25) is 0 Å². The number of halogens is 2. The van der Waals surface area contributed by atoms with E-state index >= 15 is 0 Å². The highest BCUT2D eigenvalue weighted by Gasteiger charge is 2.20. The molecule has 1 N–H and O–H groups in total. The fraction of sp³-hybridized carbons (Fsp3) is 0.250. The molecule has 0 heterocycles. The van der Waals surface area contributed by atoms with Crippen molar-refractivity contribution in [2.75, 3.05) is 0 Å². The van der Waals surface area contributed by atoms with Crippen LogP contribution in [0.15, 0.2) is 60.7 Å². The third kappa shape index (κ3) is 4.66. The maximum atomic E-state index is 11.0. The van der Waals surface area contributed by atoms with E-state index in [1.807, 2.05) is 48.5 Å². The molecular formula is C24H24Cl2O. The number of phenols is 1. The van der Waals surface area contributed by atoms with E-state index in [2.05, 4.69) is 32.9 Å². The van der Waals surface area contributed by atoms with Gasteiger partial charge in [-0.1, -0.05) is 92.5 Å². The zero-order chi connectivity index (χ0) is 19.6. The Morgan fingerprint density at radius 2 is 1.11 bits per heavy atom.